The third-order valence-corrected chi connectivity index (χ3v) is 19.0. The molecule has 1 heterocycles. The molecule has 314 valence electrons. The van der Waals surface area contributed by atoms with Crippen molar-refractivity contribution in [3.8, 4) is 0 Å². The van der Waals surface area contributed by atoms with Crippen molar-refractivity contribution in [2.75, 3.05) is 6.61 Å². The molecule has 4 aliphatic rings. The van der Waals surface area contributed by atoms with E-state index in [0.29, 0.717) is 5.57 Å². The van der Waals surface area contributed by atoms with Gasteiger partial charge in [0.25, 0.3) is 8.32 Å². The number of ether oxygens (including phenoxy) is 4. The van der Waals surface area contributed by atoms with Gasteiger partial charge in [-0.2, -0.15) is 0 Å². The number of ketones is 1. The lowest BCUT2D eigenvalue weighted by atomic mass is 9.44. The van der Waals surface area contributed by atoms with Crippen LogP contribution in [0.2, 0.25) is 5.04 Å². The molecule has 9 atom stereocenters. The number of esters is 3. The minimum Gasteiger partial charge on any atom is -0.455 e. The number of hydrogen-bond donors (Lipinski definition) is 2. The molecule has 7 rings (SSSR count). The normalized spacial score (nSPS) is 32.6. The van der Waals surface area contributed by atoms with E-state index in [-0.39, 0.29) is 30.6 Å². The minimum atomic E-state index is -3.51. The van der Waals surface area contributed by atoms with Gasteiger partial charge in [-0.1, -0.05) is 113 Å². The predicted octanol–water partition coefficient (Wildman–Crippen LogP) is 5.24. The molecule has 7 unspecified atom stereocenters. The number of carbonyl (C=O) groups is 4. The van der Waals surface area contributed by atoms with E-state index in [1.54, 1.807) is 58.0 Å². The van der Waals surface area contributed by atoms with Crippen LogP contribution < -0.4 is 10.4 Å². The Hall–Kier alpha value is -4.46. The van der Waals surface area contributed by atoms with Gasteiger partial charge < -0.3 is 33.6 Å². The Morgan fingerprint density at radius 1 is 0.831 bits per heavy atom. The van der Waals surface area contributed by atoms with Crippen molar-refractivity contribution in [2.24, 2.45) is 16.7 Å². The summed E-state index contributed by atoms with van der Waals surface area (Å²) in [7, 11) is -3.51. The van der Waals surface area contributed by atoms with Crippen molar-refractivity contribution in [1.29, 1.82) is 0 Å². The first kappa shape index (κ1) is 42.7. The third-order valence-electron chi connectivity index (χ3n) is 13.9. The first-order valence-electron chi connectivity index (χ1n) is 20.4. The lowest BCUT2D eigenvalue weighted by Gasteiger charge is -2.68. The van der Waals surface area contributed by atoms with Crippen LogP contribution in [-0.2, 0) is 37.8 Å². The van der Waals surface area contributed by atoms with Crippen LogP contribution in [0.1, 0.15) is 85.5 Å². The maximum Gasteiger partial charge on any atom is 0.338 e. The second kappa shape index (κ2) is 14.9. The quantitative estimate of drug-likeness (QED) is 0.133. The summed E-state index contributed by atoms with van der Waals surface area (Å²) in [5.41, 5.74) is -6.34. The van der Waals surface area contributed by atoms with Gasteiger partial charge in [0.2, 0.25) is 0 Å². The standard InChI is InChI=1S/C47H56O11Si/c1-28-34(50)26-47(53)41(56-42(52)31-19-13-10-14-20-31)39-45(9,40(51)38(55-29(2)48)37(28)44(47,7)8)35(25-36-46(39,27-54-36)57-30(3)49)58-59(43(4,5)6,32-21-15-11-16-22-32)33-23-17-12-18-24-33/h10-24,34-36,38-39,41,50,53H,25-27H2,1-9H3/t34?,35?,36?,38?,39?,41?,45-,46+,47?/m1/s1. The van der Waals surface area contributed by atoms with Crippen molar-refractivity contribution in [3.05, 3.63) is 108 Å². The lowest BCUT2D eigenvalue weighted by molar-refractivity contribution is -0.344. The van der Waals surface area contributed by atoms with Crippen LogP contribution in [0.25, 0.3) is 0 Å². The van der Waals surface area contributed by atoms with E-state index >= 15 is 4.79 Å². The summed E-state index contributed by atoms with van der Waals surface area (Å²) < 4.78 is 33.2. The van der Waals surface area contributed by atoms with Crippen LogP contribution in [0.5, 0.6) is 0 Å². The van der Waals surface area contributed by atoms with E-state index in [9.17, 15) is 24.6 Å². The molecular formula is C47H56O11Si. The third kappa shape index (κ3) is 6.44. The van der Waals surface area contributed by atoms with Gasteiger partial charge >= 0.3 is 17.9 Å². The van der Waals surface area contributed by atoms with Crippen molar-refractivity contribution in [1.82, 2.24) is 0 Å². The lowest BCUT2D eigenvalue weighted by Crippen LogP contribution is -2.83. The summed E-state index contributed by atoms with van der Waals surface area (Å²) in [4.78, 5) is 57.3. The summed E-state index contributed by atoms with van der Waals surface area (Å²) in [6, 6.07) is 28.1. The van der Waals surface area contributed by atoms with E-state index < -0.39 is 95.5 Å². The fourth-order valence-corrected chi connectivity index (χ4v) is 15.7. The Kier molecular flexibility index (Phi) is 10.8. The topological polar surface area (TPSA) is 155 Å². The largest absolute Gasteiger partial charge is 0.455 e. The zero-order chi connectivity index (χ0) is 42.9. The molecule has 59 heavy (non-hydrogen) atoms. The molecule has 3 aliphatic carbocycles. The molecule has 3 aromatic carbocycles. The number of rotatable bonds is 8. The average Bonchev–Trinajstić information content (AvgIpc) is 3.17. The minimum absolute atomic E-state index is 0.0607. The highest BCUT2D eigenvalue weighted by Gasteiger charge is 2.79. The molecule has 0 radical (unpaired) electrons. The summed E-state index contributed by atoms with van der Waals surface area (Å²) in [5, 5.41) is 26.7. The second-order valence-corrected chi connectivity index (χ2v) is 22.8. The number of Topliss-reactive ketones (excluding diaryl/α,β-unsaturated/α-hetero) is 1. The van der Waals surface area contributed by atoms with Gasteiger partial charge in [-0.25, -0.2) is 4.79 Å². The highest BCUT2D eigenvalue weighted by molar-refractivity contribution is 6.99. The van der Waals surface area contributed by atoms with Crippen molar-refractivity contribution < 1.29 is 52.8 Å². The van der Waals surface area contributed by atoms with Crippen LogP contribution >= 0.6 is 0 Å². The number of carbonyl (C=O) groups excluding carboxylic acids is 4. The molecule has 3 fully saturated rings. The van der Waals surface area contributed by atoms with Crippen molar-refractivity contribution in [3.63, 3.8) is 0 Å². The molecule has 1 saturated heterocycles. The Bertz CT molecular complexity index is 2110. The average molecular weight is 825 g/mol. The van der Waals surface area contributed by atoms with E-state index in [0.717, 1.165) is 10.4 Å². The fourth-order valence-electron chi connectivity index (χ4n) is 11.0. The smallest absolute Gasteiger partial charge is 0.338 e. The molecule has 2 bridgehead atoms. The summed E-state index contributed by atoms with van der Waals surface area (Å²) >= 11 is 0. The van der Waals surface area contributed by atoms with Gasteiger partial charge in [0, 0.05) is 32.1 Å². The molecule has 2 N–H and O–H groups in total. The maximum atomic E-state index is 16.3. The van der Waals surface area contributed by atoms with E-state index in [1.165, 1.54) is 13.8 Å². The zero-order valence-electron chi connectivity index (χ0n) is 35.3. The summed E-state index contributed by atoms with van der Waals surface area (Å²) in [6.45, 7) is 15.4. The number of fused-ring (bicyclic) bond motifs is 5. The number of benzene rings is 3. The first-order chi connectivity index (χ1) is 27.7. The highest BCUT2D eigenvalue weighted by atomic mass is 28.4. The van der Waals surface area contributed by atoms with Crippen LogP contribution in [0.3, 0.4) is 0 Å². The molecule has 0 spiro atoms. The first-order valence-corrected chi connectivity index (χ1v) is 22.3. The van der Waals surface area contributed by atoms with Crippen LogP contribution in [0.15, 0.2) is 102 Å². The fraction of sp³-hybridized carbons (Fsp3) is 0.489. The molecule has 0 aromatic heterocycles. The second-order valence-electron chi connectivity index (χ2n) is 18.5. The molecule has 0 amide bonds. The Morgan fingerprint density at radius 3 is 1.85 bits per heavy atom. The molecule has 12 heteroatoms. The molecule has 3 aromatic rings. The SMILES string of the molecule is CC(=O)OC1C(=O)[C@]2(C)C(O[Si](c3ccccc3)(c3ccccc3)C(C)(C)C)CC3OC[C@@]3(OC(C)=O)C2C(OC(=O)c2ccccc2)C2(O)CC(O)C(C)=C1C2(C)C. The van der Waals surface area contributed by atoms with Crippen molar-refractivity contribution >= 4 is 42.4 Å². The Balaban J connectivity index is 1.58. The number of aliphatic hydroxyl groups is 2. The Morgan fingerprint density at radius 2 is 1.37 bits per heavy atom. The van der Waals surface area contributed by atoms with Gasteiger partial charge in [0.15, 0.2) is 17.5 Å². The summed E-state index contributed by atoms with van der Waals surface area (Å²) in [5.74, 6) is -4.17. The van der Waals surface area contributed by atoms with Gasteiger partial charge in [-0.15, -0.1) is 0 Å². The molecule has 2 saturated carbocycles. The van der Waals surface area contributed by atoms with Gasteiger partial charge in [-0.3, -0.25) is 14.4 Å². The van der Waals surface area contributed by atoms with E-state index in [2.05, 4.69) is 20.8 Å². The molecular weight excluding hydrogens is 769 g/mol. The van der Waals surface area contributed by atoms with Crippen LogP contribution in [0, 0.1) is 16.7 Å². The van der Waals surface area contributed by atoms with Gasteiger partial charge in [-0.05, 0) is 52.5 Å². The molecule has 11 nitrogen and oxygen atoms in total. The van der Waals surface area contributed by atoms with Gasteiger partial charge in [0.1, 0.15) is 17.8 Å². The monoisotopic (exact) mass is 824 g/mol. The summed E-state index contributed by atoms with van der Waals surface area (Å²) in [6.07, 6.45) is -6.76. The van der Waals surface area contributed by atoms with Gasteiger partial charge in [0.05, 0.1) is 35.7 Å². The molecule has 1 aliphatic heterocycles. The highest BCUT2D eigenvalue weighted by Crippen LogP contribution is 2.65. The van der Waals surface area contributed by atoms with Crippen LogP contribution in [-0.4, -0.2) is 90.6 Å². The maximum absolute atomic E-state index is 16.3. The van der Waals surface area contributed by atoms with Crippen LogP contribution in [0.4, 0.5) is 0 Å². The predicted molar refractivity (Wildman–Crippen MR) is 221 cm³/mol. The number of hydrogen-bond acceptors (Lipinski definition) is 11. The Labute approximate surface area is 347 Å². The zero-order valence-corrected chi connectivity index (χ0v) is 36.3. The van der Waals surface area contributed by atoms with E-state index in [4.69, 9.17) is 23.4 Å². The van der Waals surface area contributed by atoms with Crippen molar-refractivity contribution in [2.45, 2.75) is 122 Å². The van der Waals surface area contributed by atoms with E-state index in [1.807, 2.05) is 60.7 Å². The number of aliphatic hydroxyl groups excluding tert-OH is 1.